The van der Waals surface area contributed by atoms with Crippen molar-refractivity contribution < 1.29 is 24.2 Å². The number of para-hydroxylation sites is 1. The molecule has 2 amide bonds. The van der Waals surface area contributed by atoms with Crippen LogP contribution in [0.4, 0.5) is 5.69 Å². The summed E-state index contributed by atoms with van der Waals surface area (Å²) >= 11 is 0. The maximum atomic E-state index is 12.1. The molecule has 2 atom stereocenters. The molecule has 2 aromatic carbocycles. The second-order valence-electron chi connectivity index (χ2n) is 6.63. The number of rotatable bonds is 8. The molecule has 4 N–H and O–H groups in total. The summed E-state index contributed by atoms with van der Waals surface area (Å²) < 4.78 is 11.1. The number of hydrogen-bond acceptors (Lipinski definition) is 6. The van der Waals surface area contributed by atoms with Crippen LogP contribution in [0.25, 0.3) is 0 Å². The number of carbonyl (C=O) groups excluding carboxylic acids is 2. The first-order chi connectivity index (χ1) is 14.1. The molecule has 3 rings (SSSR count). The molecule has 0 spiro atoms. The first kappa shape index (κ1) is 20.8. The fourth-order valence-electron chi connectivity index (χ4n) is 3.26. The van der Waals surface area contributed by atoms with Gasteiger partial charge in [0.1, 0.15) is 18.5 Å². The fraction of sp³-hybridized carbons (Fsp3) is 0.333. The number of hydrogen-bond donors (Lipinski definition) is 3. The number of anilines is 1. The predicted molar refractivity (Wildman–Crippen MR) is 107 cm³/mol. The van der Waals surface area contributed by atoms with Crippen LogP contribution in [0.1, 0.15) is 11.7 Å². The second kappa shape index (κ2) is 10.0. The van der Waals surface area contributed by atoms with E-state index in [-0.39, 0.29) is 31.6 Å². The van der Waals surface area contributed by atoms with Crippen LogP contribution in [0.15, 0.2) is 54.6 Å². The van der Waals surface area contributed by atoms with E-state index < -0.39 is 12.1 Å². The Morgan fingerprint density at radius 2 is 1.93 bits per heavy atom. The Labute approximate surface area is 169 Å². The van der Waals surface area contributed by atoms with Gasteiger partial charge in [0.05, 0.1) is 12.6 Å². The highest BCUT2D eigenvalue weighted by atomic mass is 16.5. The molecule has 2 aromatic rings. The minimum absolute atomic E-state index is 0.0590. The van der Waals surface area contributed by atoms with Crippen LogP contribution in [-0.2, 0) is 14.3 Å². The van der Waals surface area contributed by atoms with Gasteiger partial charge in [-0.15, -0.1) is 0 Å². The Balaban J connectivity index is 1.60. The fourth-order valence-corrected chi connectivity index (χ4v) is 3.26. The van der Waals surface area contributed by atoms with Gasteiger partial charge in [0.25, 0.3) is 5.91 Å². The molecule has 8 heteroatoms. The number of amides is 2. The van der Waals surface area contributed by atoms with Gasteiger partial charge >= 0.3 is 0 Å². The van der Waals surface area contributed by atoms with Gasteiger partial charge in [0.2, 0.25) is 5.91 Å². The molecule has 0 aliphatic carbocycles. The number of nitrogens with two attached hydrogens (primary N) is 1. The third-order valence-corrected chi connectivity index (χ3v) is 4.65. The molecule has 0 unspecified atom stereocenters. The van der Waals surface area contributed by atoms with Crippen molar-refractivity contribution in [3.05, 3.63) is 60.2 Å². The molecule has 29 heavy (non-hydrogen) atoms. The molecule has 0 aromatic heterocycles. The average Bonchev–Trinajstić information content (AvgIpc) is 2.75. The number of nitrogens with one attached hydrogen (secondary N) is 1. The van der Waals surface area contributed by atoms with Crippen LogP contribution in [0.3, 0.4) is 0 Å². The first-order valence-corrected chi connectivity index (χ1v) is 9.42. The van der Waals surface area contributed by atoms with Crippen molar-refractivity contribution in [3.8, 4) is 5.75 Å². The van der Waals surface area contributed by atoms with E-state index in [0.717, 1.165) is 5.56 Å². The van der Waals surface area contributed by atoms with E-state index >= 15 is 0 Å². The zero-order chi connectivity index (χ0) is 20.6. The maximum Gasteiger partial charge on any atom is 0.262 e. The lowest BCUT2D eigenvalue weighted by Crippen LogP contribution is -2.54. The van der Waals surface area contributed by atoms with Crippen molar-refractivity contribution in [2.45, 2.75) is 12.1 Å². The summed E-state index contributed by atoms with van der Waals surface area (Å²) in [4.78, 5) is 25.7. The molecular weight excluding hydrogens is 374 g/mol. The Morgan fingerprint density at radius 1 is 1.21 bits per heavy atom. The third kappa shape index (κ3) is 5.32. The molecule has 8 nitrogen and oxygen atoms in total. The van der Waals surface area contributed by atoms with Crippen molar-refractivity contribution in [2.24, 2.45) is 5.73 Å². The van der Waals surface area contributed by atoms with Crippen LogP contribution in [0, 0.1) is 0 Å². The Kier molecular flexibility index (Phi) is 7.18. The number of carbonyl (C=O) groups is 2. The van der Waals surface area contributed by atoms with E-state index in [1.807, 2.05) is 18.2 Å². The van der Waals surface area contributed by atoms with Crippen molar-refractivity contribution >= 4 is 17.5 Å². The quantitative estimate of drug-likeness (QED) is 0.608. The van der Waals surface area contributed by atoms with E-state index in [0.29, 0.717) is 24.5 Å². The van der Waals surface area contributed by atoms with Gasteiger partial charge in [-0.05, 0) is 29.8 Å². The van der Waals surface area contributed by atoms with E-state index in [9.17, 15) is 14.7 Å². The van der Waals surface area contributed by atoms with E-state index in [2.05, 4.69) is 5.32 Å². The van der Waals surface area contributed by atoms with Gasteiger partial charge in [-0.3, -0.25) is 9.59 Å². The number of benzene rings is 2. The normalized spacial score (nSPS) is 19.1. The van der Waals surface area contributed by atoms with Crippen molar-refractivity contribution in [3.63, 3.8) is 0 Å². The molecular formula is C21H25N3O5. The lowest BCUT2D eigenvalue weighted by Gasteiger charge is -2.40. The number of morpholine rings is 1. The summed E-state index contributed by atoms with van der Waals surface area (Å²) in [5.74, 6) is 0.163. The third-order valence-electron chi connectivity index (χ3n) is 4.65. The summed E-state index contributed by atoms with van der Waals surface area (Å²) in [7, 11) is 0. The average molecular weight is 399 g/mol. The molecule has 0 bridgehead atoms. The largest absolute Gasteiger partial charge is 0.484 e. The van der Waals surface area contributed by atoms with Crippen molar-refractivity contribution in [2.75, 3.05) is 38.2 Å². The topological polar surface area (TPSA) is 114 Å². The lowest BCUT2D eigenvalue weighted by molar-refractivity contribution is -0.160. The highest BCUT2D eigenvalue weighted by Gasteiger charge is 2.36. The molecule has 1 aliphatic rings. The monoisotopic (exact) mass is 399 g/mol. The van der Waals surface area contributed by atoms with Crippen molar-refractivity contribution in [1.82, 2.24) is 4.90 Å². The molecule has 154 valence electrons. The minimum atomic E-state index is -0.500. The van der Waals surface area contributed by atoms with Crippen LogP contribution in [0.2, 0.25) is 0 Å². The smallest absolute Gasteiger partial charge is 0.262 e. The zero-order valence-corrected chi connectivity index (χ0v) is 16.0. The highest BCUT2D eigenvalue weighted by molar-refractivity contribution is 5.91. The number of aliphatic hydroxyl groups excluding tert-OH is 1. The van der Waals surface area contributed by atoms with E-state index in [1.54, 1.807) is 41.3 Å². The van der Waals surface area contributed by atoms with Gasteiger partial charge in [0.15, 0.2) is 6.61 Å². The highest BCUT2D eigenvalue weighted by Crippen LogP contribution is 2.29. The molecule has 1 fully saturated rings. The van der Waals surface area contributed by atoms with Crippen molar-refractivity contribution in [1.29, 1.82) is 0 Å². The molecule has 1 heterocycles. The number of ether oxygens (including phenoxy) is 2. The second-order valence-corrected chi connectivity index (χ2v) is 6.63. The van der Waals surface area contributed by atoms with Crippen LogP contribution >= 0.6 is 0 Å². The van der Waals surface area contributed by atoms with Gasteiger partial charge in [-0.25, -0.2) is 0 Å². The van der Waals surface area contributed by atoms with Gasteiger partial charge < -0.3 is 30.5 Å². The first-order valence-electron chi connectivity index (χ1n) is 9.42. The Hall–Kier alpha value is -2.94. The Bertz CT molecular complexity index is 813. The Morgan fingerprint density at radius 3 is 2.59 bits per heavy atom. The summed E-state index contributed by atoms with van der Waals surface area (Å²) in [6, 6.07) is 15.7. The number of nitrogens with zero attached hydrogens (tertiary/aromatic N) is 1. The maximum absolute atomic E-state index is 12.1. The van der Waals surface area contributed by atoms with Crippen LogP contribution in [-0.4, -0.2) is 60.8 Å². The van der Waals surface area contributed by atoms with E-state index in [4.69, 9.17) is 15.2 Å². The summed E-state index contributed by atoms with van der Waals surface area (Å²) in [5, 5.41) is 12.5. The molecule has 1 aliphatic heterocycles. The van der Waals surface area contributed by atoms with Gasteiger partial charge in [-0.2, -0.15) is 0 Å². The van der Waals surface area contributed by atoms with Gasteiger partial charge in [0, 0.05) is 18.8 Å². The predicted octanol–water partition coefficient (Wildman–Crippen LogP) is 0.924. The van der Waals surface area contributed by atoms with Crippen LogP contribution in [0.5, 0.6) is 5.75 Å². The molecule has 1 saturated heterocycles. The molecule has 0 radical (unpaired) electrons. The van der Waals surface area contributed by atoms with Crippen LogP contribution < -0.4 is 15.8 Å². The standard InChI is InChI=1S/C21H25N3O5/c22-10-11-24-18(12-25)21(29-14-20(24)27)15-6-8-16(9-7-15)23-19(26)13-28-17-4-2-1-3-5-17/h1-9,18,21,25H,10-14,22H2,(H,23,26)/t18-,21-/m1/s1. The SMILES string of the molecule is NCCN1C(=O)CO[C@H](c2ccc(NC(=O)COc3ccccc3)cc2)[C@H]1CO. The summed E-state index contributed by atoms with van der Waals surface area (Å²) in [6.45, 7) is 0.285. The van der Waals surface area contributed by atoms with Gasteiger partial charge in [-0.1, -0.05) is 30.3 Å². The minimum Gasteiger partial charge on any atom is -0.484 e. The number of aliphatic hydroxyl groups is 1. The van der Waals surface area contributed by atoms with E-state index in [1.165, 1.54) is 0 Å². The summed E-state index contributed by atoms with van der Waals surface area (Å²) in [5.41, 5.74) is 7.00. The zero-order valence-electron chi connectivity index (χ0n) is 16.0. The molecule has 0 saturated carbocycles. The summed E-state index contributed by atoms with van der Waals surface area (Å²) in [6.07, 6.45) is -0.463. The lowest BCUT2D eigenvalue weighted by atomic mass is 9.99.